The highest BCUT2D eigenvalue weighted by atomic mass is 32.1. The summed E-state index contributed by atoms with van der Waals surface area (Å²) in [6.45, 7) is 7.44. The molecule has 0 bridgehead atoms. The summed E-state index contributed by atoms with van der Waals surface area (Å²) in [7, 11) is 0. The average Bonchev–Trinajstić information content (AvgIpc) is 2.81. The summed E-state index contributed by atoms with van der Waals surface area (Å²) in [6.07, 6.45) is 2.86. The SMILES string of the molecule is Cc1cc(NC(=O)C(C)(C)C)sc1C(=O)NC1CCC(O)CC1. The number of hydrogen-bond acceptors (Lipinski definition) is 4. The molecule has 1 aromatic heterocycles. The molecular weight excluding hydrogens is 312 g/mol. The molecule has 0 unspecified atom stereocenters. The van der Waals surface area contributed by atoms with E-state index in [1.165, 1.54) is 11.3 Å². The molecule has 0 spiro atoms. The third-order valence-electron chi connectivity index (χ3n) is 4.07. The van der Waals surface area contributed by atoms with E-state index >= 15 is 0 Å². The number of aliphatic hydroxyl groups excluding tert-OH is 1. The maximum absolute atomic E-state index is 12.4. The van der Waals surface area contributed by atoms with Crippen molar-refractivity contribution in [2.75, 3.05) is 5.32 Å². The van der Waals surface area contributed by atoms with E-state index in [4.69, 9.17) is 0 Å². The second kappa shape index (κ2) is 7.01. The Morgan fingerprint density at radius 3 is 2.39 bits per heavy atom. The van der Waals surface area contributed by atoms with Crippen molar-refractivity contribution in [3.8, 4) is 0 Å². The van der Waals surface area contributed by atoms with Gasteiger partial charge in [-0.1, -0.05) is 20.8 Å². The van der Waals surface area contributed by atoms with Gasteiger partial charge in [0.1, 0.15) is 0 Å². The van der Waals surface area contributed by atoms with Crippen LogP contribution in [0.3, 0.4) is 0 Å². The van der Waals surface area contributed by atoms with Crippen molar-refractivity contribution < 1.29 is 14.7 Å². The van der Waals surface area contributed by atoms with Crippen LogP contribution in [-0.4, -0.2) is 29.1 Å². The molecule has 2 rings (SSSR count). The van der Waals surface area contributed by atoms with E-state index in [0.717, 1.165) is 31.2 Å². The van der Waals surface area contributed by atoms with Crippen LogP contribution in [0.4, 0.5) is 5.00 Å². The molecule has 1 aromatic rings. The summed E-state index contributed by atoms with van der Waals surface area (Å²) < 4.78 is 0. The first-order chi connectivity index (χ1) is 10.7. The number of rotatable bonds is 3. The van der Waals surface area contributed by atoms with E-state index in [2.05, 4.69) is 10.6 Å². The number of nitrogens with one attached hydrogen (secondary N) is 2. The minimum absolute atomic E-state index is 0.0630. The summed E-state index contributed by atoms with van der Waals surface area (Å²) >= 11 is 1.31. The maximum Gasteiger partial charge on any atom is 0.261 e. The quantitative estimate of drug-likeness (QED) is 0.792. The molecule has 6 heteroatoms. The lowest BCUT2D eigenvalue weighted by Crippen LogP contribution is -2.38. The van der Waals surface area contributed by atoms with Gasteiger partial charge < -0.3 is 15.7 Å². The average molecular weight is 338 g/mol. The van der Waals surface area contributed by atoms with Gasteiger partial charge in [0.05, 0.1) is 16.0 Å². The Balaban J connectivity index is 2.00. The van der Waals surface area contributed by atoms with Crippen LogP contribution in [0, 0.1) is 12.3 Å². The second-order valence-corrected chi connectivity index (χ2v) is 8.36. The molecule has 1 saturated carbocycles. The first-order valence-corrected chi connectivity index (χ1v) is 8.89. The molecule has 128 valence electrons. The summed E-state index contributed by atoms with van der Waals surface area (Å²) in [4.78, 5) is 25.1. The Labute approximate surface area is 141 Å². The first kappa shape index (κ1) is 17.9. The van der Waals surface area contributed by atoms with Gasteiger partial charge in [0.15, 0.2) is 0 Å². The van der Waals surface area contributed by atoms with Crippen molar-refractivity contribution in [2.45, 2.75) is 65.5 Å². The highest BCUT2D eigenvalue weighted by Crippen LogP contribution is 2.29. The molecule has 0 aromatic carbocycles. The number of amides is 2. The zero-order valence-corrected chi connectivity index (χ0v) is 15.0. The summed E-state index contributed by atoms with van der Waals surface area (Å²) in [5, 5.41) is 16.1. The summed E-state index contributed by atoms with van der Waals surface area (Å²) in [5.41, 5.74) is 0.399. The number of aliphatic hydroxyl groups is 1. The Kier molecular flexibility index (Phi) is 5.47. The van der Waals surface area contributed by atoms with E-state index in [9.17, 15) is 14.7 Å². The number of thiophene rings is 1. The lowest BCUT2D eigenvalue weighted by molar-refractivity contribution is -0.123. The molecule has 1 aliphatic rings. The Bertz CT molecular complexity index is 581. The molecule has 0 atom stereocenters. The van der Waals surface area contributed by atoms with Crippen LogP contribution in [0.1, 0.15) is 61.7 Å². The van der Waals surface area contributed by atoms with Crippen LogP contribution in [-0.2, 0) is 4.79 Å². The first-order valence-electron chi connectivity index (χ1n) is 8.07. The monoisotopic (exact) mass is 338 g/mol. The van der Waals surface area contributed by atoms with Crippen molar-refractivity contribution >= 4 is 28.2 Å². The third kappa shape index (κ3) is 4.78. The van der Waals surface area contributed by atoms with Crippen LogP contribution < -0.4 is 10.6 Å². The summed E-state index contributed by atoms with van der Waals surface area (Å²) in [5.74, 6) is -0.155. The number of carbonyl (C=O) groups is 2. The number of anilines is 1. The van der Waals surface area contributed by atoms with Crippen molar-refractivity contribution in [3.63, 3.8) is 0 Å². The molecule has 0 saturated heterocycles. The van der Waals surface area contributed by atoms with E-state index in [1.807, 2.05) is 33.8 Å². The van der Waals surface area contributed by atoms with Gasteiger partial charge >= 0.3 is 0 Å². The minimum Gasteiger partial charge on any atom is -0.393 e. The van der Waals surface area contributed by atoms with Gasteiger partial charge in [-0.2, -0.15) is 0 Å². The fourth-order valence-corrected chi connectivity index (χ4v) is 3.51. The standard InChI is InChI=1S/C17H26N2O3S/c1-10-9-13(19-16(22)17(2,3)4)23-14(10)15(21)18-11-5-7-12(20)8-6-11/h9,11-12,20H,5-8H2,1-4H3,(H,18,21)(H,19,22). The van der Waals surface area contributed by atoms with Crippen LogP contribution in [0.5, 0.6) is 0 Å². The topological polar surface area (TPSA) is 78.4 Å². The third-order valence-corrected chi connectivity index (χ3v) is 5.23. The predicted molar refractivity (Wildman–Crippen MR) is 92.9 cm³/mol. The smallest absolute Gasteiger partial charge is 0.261 e. The van der Waals surface area contributed by atoms with Crippen molar-refractivity contribution in [3.05, 3.63) is 16.5 Å². The normalized spacial score (nSPS) is 21.8. The Morgan fingerprint density at radius 2 is 1.83 bits per heavy atom. The fourth-order valence-electron chi connectivity index (χ4n) is 2.54. The van der Waals surface area contributed by atoms with Gasteiger partial charge in [-0.05, 0) is 44.2 Å². The van der Waals surface area contributed by atoms with Crippen molar-refractivity contribution in [1.82, 2.24) is 5.32 Å². The largest absolute Gasteiger partial charge is 0.393 e. The molecule has 5 nitrogen and oxygen atoms in total. The van der Waals surface area contributed by atoms with Gasteiger partial charge in [-0.3, -0.25) is 9.59 Å². The van der Waals surface area contributed by atoms with Crippen LogP contribution in [0.25, 0.3) is 0 Å². The molecule has 23 heavy (non-hydrogen) atoms. The maximum atomic E-state index is 12.4. The molecule has 0 aliphatic heterocycles. The highest BCUT2D eigenvalue weighted by Gasteiger charge is 2.25. The molecule has 0 radical (unpaired) electrons. The lowest BCUT2D eigenvalue weighted by atomic mass is 9.93. The van der Waals surface area contributed by atoms with Gasteiger partial charge in [-0.15, -0.1) is 11.3 Å². The zero-order chi connectivity index (χ0) is 17.2. The predicted octanol–water partition coefficient (Wildman–Crippen LogP) is 3.07. The molecule has 3 N–H and O–H groups in total. The number of carbonyl (C=O) groups excluding carboxylic acids is 2. The Morgan fingerprint density at radius 1 is 1.22 bits per heavy atom. The van der Waals surface area contributed by atoms with E-state index in [0.29, 0.717) is 9.88 Å². The Hall–Kier alpha value is -1.40. The van der Waals surface area contributed by atoms with Gasteiger partial charge in [0.2, 0.25) is 5.91 Å². The summed E-state index contributed by atoms with van der Waals surface area (Å²) in [6, 6.07) is 1.97. The van der Waals surface area contributed by atoms with E-state index < -0.39 is 5.41 Å². The number of hydrogen-bond donors (Lipinski definition) is 3. The van der Waals surface area contributed by atoms with Crippen LogP contribution >= 0.6 is 11.3 Å². The fraction of sp³-hybridized carbons (Fsp3) is 0.647. The zero-order valence-electron chi connectivity index (χ0n) is 14.2. The highest BCUT2D eigenvalue weighted by molar-refractivity contribution is 7.18. The second-order valence-electron chi connectivity index (χ2n) is 7.31. The van der Waals surface area contributed by atoms with Crippen LogP contribution in [0.2, 0.25) is 0 Å². The van der Waals surface area contributed by atoms with E-state index in [-0.39, 0.29) is 24.0 Å². The van der Waals surface area contributed by atoms with Gasteiger partial charge in [0, 0.05) is 11.5 Å². The van der Waals surface area contributed by atoms with Gasteiger partial charge in [0.25, 0.3) is 5.91 Å². The molecular formula is C17H26N2O3S. The minimum atomic E-state index is -0.469. The van der Waals surface area contributed by atoms with Gasteiger partial charge in [-0.25, -0.2) is 0 Å². The van der Waals surface area contributed by atoms with Crippen LogP contribution in [0.15, 0.2) is 6.07 Å². The van der Waals surface area contributed by atoms with Crippen molar-refractivity contribution in [2.24, 2.45) is 5.41 Å². The molecule has 1 aliphatic carbocycles. The molecule has 1 heterocycles. The number of aryl methyl sites for hydroxylation is 1. The van der Waals surface area contributed by atoms with E-state index in [1.54, 1.807) is 0 Å². The van der Waals surface area contributed by atoms with Crippen molar-refractivity contribution in [1.29, 1.82) is 0 Å². The molecule has 1 fully saturated rings. The lowest BCUT2D eigenvalue weighted by Gasteiger charge is -2.26. The molecule has 2 amide bonds.